The second-order valence-corrected chi connectivity index (χ2v) is 5.34. The van der Waals surface area contributed by atoms with Crippen LogP contribution < -0.4 is 11.1 Å². The zero-order valence-corrected chi connectivity index (χ0v) is 14.3. The van der Waals surface area contributed by atoms with Gasteiger partial charge in [-0.05, 0) is 17.9 Å². The van der Waals surface area contributed by atoms with Crippen molar-refractivity contribution in [3.63, 3.8) is 0 Å². The van der Waals surface area contributed by atoms with Crippen molar-refractivity contribution < 1.29 is 19.1 Å². The highest BCUT2D eigenvalue weighted by atomic mass is 35.5. The van der Waals surface area contributed by atoms with E-state index in [-0.39, 0.29) is 25.6 Å². The van der Waals surface area contributed by atoms with E-state index in [4.69, 9.17) is 15.2 Å². The number of alkyl carbamates (subject to hydrolysis) is 1. The van der Waals surface area contributed by atoms with E-state index in [0.29, 0.717) is 12.5 Å². The number of carbonyl (C=O) groups is 2. The van der Waals surface area contributed by atoms with Crippen molar-refractivity contribution in [3.05, 3.63) is 35.9 Å². The van der Waals surface area contributed by atoms with Crippen LogP contribution in [0.4, 0.5) is 4.79 Å². The minimum atomic E-state index is -0.893. The normalized spacial score (nSPS) is 11.3. The molecule has 0 aliphatic heterocycles. The summed E-state index contributed by atoms with van der Waals surface area (Å²) in [6.07, 6.45) is 0.0710. The Kier molecular flexibility index (Phi) is 10.8. The first-order valence-electron chi connectivity index (χ1n) is 7.36. The number of benzene rings is 1. The van der Waals surface area contributed by atoms with Gasteiger partial charge in [0.15, 0.2) is 0 Å². The van der Waals surface area contributed by atoms with Gasteiger partial charge in [-0.15, -0.1) is 12.4 Å². The maximum atomic E-state index is 11.8. The van der Waals surface area contributed by atoms with E-state index in [2.05, 4.69) is 5.32 Å². The molecule has 0 aliphatic rings. The van der Waals surface area contributed by atoms with Crippen molar-refractivity contribution in [1.82, 2.24) is 5.32 Å². The van der Waals surface area contributed by atoms with E-state index in [1.807, 2.05) is 44.2 Å². The lowest BCUT2D eigenvalue weighted by atomic mass is 10.1. The molecule has 0 bridgehead atoms. The summed E-state index contributed by atoms with van der Waals surface area (Å²) >= 11 is 0. The van der Waals surface area contributed by atoms with Crippen molar-refractivity contribution in [1.29, 1.82) is 0 Å². The Hall–Kier alpha value is -1.79. The summed E-state index contributed by atoms with van der Waals surface area (Å²) in [7, 11) is 0. The van der Waals surface area contributed by atoms with Crippen molar-refractivity contribution in [3.8, 4) is 0 Å². The SMILES string of the molecule is CC(C)CCOC(=O)[C@@H](CN)NC(=O)OCc1ccccc1.Cl. The number of esters is 1. The van der Waals surface area contributed by atoms with Crippen LogP contribution in [0.5, 0.6) is 0 Å². The molecule has 1 atom stereocenters. The maximum absolute atomic E-state index is 11.8. The average Bonchev–Trinajstić information content (AvgIpc) is 2.51. The smallest absolute Gasteiger partial charge is 0.408 e. The van der Waals surface area contributed by atoms with Crippen LogP contribution in [0, 0.1) is 5.92 Å². The number of hydrogen-bond donors (Lipinski definition) is 2. The van der Waals surface area contributed by atoms with Crippen LogP contribution in [0.2, 0.25) is 0 Å². The van der Waals surface area contributed by atoms with Crippen LogP contribution in [0.3, 0.4) is 0 Å². The van der Waals surface area contributed by atoms with E-state index < -0.39 is 18.1 Å². The molecule has 1 rings (SSSR count). The van der Waals surface area contributed by atoms with Gasteiger partial charge in [0.25, 0.3) is 0 Å². The number of ether oxygens (including phenoxy) is 2. The second-order valence-electron chi connectivity index (χ2n) is 5.34. The Labute approximate surface area is 143 Å². The van der Waals surface area contributed by atoms with E-state index in [1.165, 1.54) is 0 Å². The molecule has 0 aliphatic carbocycles. The molecule has 0 unspecified atom stereocenters. The Morgan fingerprint density at radius 2 is 1.83 bits per heavy atom. The molecule has 1 amide bonds. The molecule has 3 N–H and O–H groups in total. The van der Waals surface area contributed by atoms with Gasteiger partial charge in [0.05, 0.1) is 6.61 Å². The fourth-order valence-electron chi connectivity index (χ4n) is 1.62. The molecule has 6 nitrogen and oxygen atoms in total. The lowest BCUT2D eigenvalue weighted by molar-refractivity contribution is -0.146. The standard InChI is InChI=1S/C16H24N2O4.ClH/c1-12(2)8-9-21-15(19)14(10-17)18-16(20)22-11-13-6-4-3-5-7-13;/h3-7,12,14H,8-11,17H2,1-2H3,(H,18,20);1H/t14-;/m1./s1. The molecule has 0 spiro atoms. The van der Waals surface area contributed by atoms with E-state index in [0.717, 1.165) is 12.0 Å². The number of hydrogen-bond acceptors (Lipinski definition) is 5. The highest BCUT2D eigenvalue weighted by Gasteiger charge is 2.21. The number of nitrogens with two attached hydrogens (primary N) is 1. The summed E-state index contributed by atoms with van der Waals surface area (Å²) in [5.74, 6) is -0.104. The van der Waals surface area contributed by atoms with Crippen LogP contribution >= 0.6 is 12.4 Å². The topological polar surface area (TPSA) is 90.6 Å². The zero-order valence-electron chi connectivity index (χ0n) is 13.5. The summed E-state index contributed by atoms with van der Waals surface area (Å²) in [6.45, 7) is 4.47. The maximum Gasteiger partial charge on any atom is 0.408 e. The monoisotopic (exact) mass is 344 g/mol. The molecule has 7 heteroatoms. The molecule has 0 fully saturated rings. The van der Waals surface area contributed by atoms with Crippen molar-refractivity contribution in [2.75, 3.05) is 13.2 Å². The first-order valence-corrected chi connectivity index (χ1v) is 7.36. The molecule has 130 valence electrons. The first-order chi connectivity index (χ1) is 10.5. The summed E-state index contributed by atoms with van der Waals surface area (Å²) in [4.78, 5) is 23.5. The predicted octanol–water partition coefficient (Wildman–Crippen LogP) is 2.25. The van der Waals surface area contributed by atoms with Crippen molar-refractivity contribution in [2.24, 2.45) is 11.7 Å². The minimum absolute atomic E-state index is 0. The Morgan fingerprint density at radius 1 is 1.17 bits per heavy atom. The third-order valence-corrected chi connectivity index (χ3v) is 2.96. The van der Waals surface area contributed by atoms with Gasteiger partial charge in [0, 0.05) is 6.54 Å². The van der Waals surface area contributed by atoms with Gasteiger partial charge in [-0.25, -0.2) is 9.59 Å². The fraction of sp³-hybridized carbons (Fsp3) is 0.500. The second kappa shape index (κ2) is 11.7. The van der Waals surface area contributed by atoms with Crippen molar-refractivity contribution >= 4 is 24.5 Å². The van der Waals surface area contributed by atoms with Crippen LogP contribution in [0.15, 0.2) is 30.3 Å². The Balaban J connectivity index is 0.00000484. The lowest BCUT2D eigenvalue weighted by Crippen LogP contribution is -2.46. The summed E-state index contributed by atoms with van der Waals surface area (Å²) in [5.41, 5.74) is 6.35. The van der Waals surface area contributed by atoms with Crippen LogP contribution in [0.25, 0.3) is 0 Å². The summed E-state index contributed by atoms with van der Waals surface area (Å²) < 4.78 is 10.1. The molecule has 0 saturated heterocycles. The average molecular weight is 345 g/mol. The lowest BCUT2D eigenvalue weighted by Gasteiger charge is -2.16. The van der Waals surface area contributed by atoms with E-state index in [1.54, 1.807) is 0 Å². The molecule has 1 aromatic rings. The first kappa shape index (κ1) is 21.2. The molecule has 0 radical (unpaired) electrons. The van der Waals surface area contributed by atoms with Gasteiger partial charge < -0.3 is 20.5 Å². The number of nitrogens with one attached hydrogen (secondary N) is 1. The fourth-order valence-corrected chi connectivity index (χ4v) is 1.62. The highest BCUT2D eigenvalue weighted by molar-refractivity contribution is 5.85. The summed E-state index contributed by atoms with van der Waals surface area (Å²) in [6, 6.07) is 8.37. The molecule has 0 aromatic heterocycles. The number of amides is 1. The molecule has 1 aromatic carbocycles. The third-order valence-electron chi connectivity index (χ3n) is 2.96. The van der Waals surface area contributed by atoms with Gasteiger partial charge in [0.1, 0.15) is 12.6 Å². The molecular formula is C16H25ClN2O4. The van der Waals surface area contributed by atoms with Gasteiger partial charge in [0.2, 0.25) is 0 Å². The van der Waals surface area contributed by atoms with Crippen molar-refractivity contribution in [2.45, 2.75) is 32.9 Å². The third kappa shape index (κ3) is 9.05. The largest absolute Gasteiger partial charge is 0.464 e. The molecular weight excluding hydrogens is 320 g/mol. The number of halogens is 1. The van der Waals surface area contributed by atoms with Gasteiger partial charge in [-0.2, -0.15) is 0 Å². The van der Waals surface area contributed by atoms with E-state index >= 15 is 0 Å². The minimum Gasteiger partial charge on any atom is -0.464 e. The number of rotatable bonds is 8. The summed E-state index contributed by atoms with van der Waals surface area (Å²) in [5, 5.41) is 2.41. The van der Waals surface area contributed by atoms with E-state index in [9.17, 15) is 9.59 Å². The zero-order chi connectivity index (χ0) is 16.4. The van der Waals surface area contributed by atoms with Crippen LogP contribution in [-0.2, 0) is 20.9 Å². The Morgan fingerprint density at radius 3 is 2.39 bits per heavy atom. The predicted molar refractivity (Wildman–Crippen MR) is 90.3 cm³/mol. The number of carbonyl (C=O) groups excluding carboxylic acids is 2. The quantitative estimate of drug-likeness (QED) is 0.706. The highest BCUT2D eigenvalue weighted by Crippen LogP contribution is 2.02. The molecule has 23 heavy (non-hydrogen) atoms. The van der Waals surface area contributed by atoms with Crippen LogP contribution in [0.1, 0.15) is 25.8 Å². The molecule has 0 saturated carbocycles. The Bertz CT molecular complexity index is 468. The molecule has 0 heterocycles. The van der Waals surface area contributed by atoms with Crippen LogP contribution in [-0.4, -0.2) is 31.3 Å². The van der Waals surface area contributed by atoms with Gasteiger partial charge >= 0.3 is 12.1 Å². The van der Waals surface area contributed by atoms with Gasteiger partial charge in [-0.3, -0.25) is 0 Å². The van der Waals surface area contributed by atoms with Gasteiger partial charge in [-0.1, -0.05) is 44.2 Å².